The molecule has 3 fully saturated rings. The second kappa shape index (κ2) is 7.07. The zero-order valence-electron chi connectivity index (χ0n) is 13.4. The van der Waals surface area contributed by atoms with Crippen LogP contribution < -0.4 is 5.32 Å². The van der Waals surface area contributed by atoms with Crippen LogP contribution in [0.3, 0.4) is 0 Å². The van der Waals surface area contributed by atoms with E-state index in [1.54, 1.807) is 0 Å². The first kappa shape index (κ1) is 15.3. The van der Waals surface area contributed by atoms with Crippen molar-refractivity contribution in [3.05, 3.63) is 0 Å². The fraction of sp³-hybridized carbons (Fsp3) is 0.938. The van der Waals surface area contributed by atoms with Crippen LogP contribution >= 0.6 is 0 Å². The Labute approximate surface area is 128 Å². The molecule has 0 aromatic carbocycles. The van der Waals surface area contributed by atoms with Crippen molar-refractivity contribution in [1.82, 2.24) is 20.0 Å². The number of nitrogens with zero attached hydrogens (tertiary/aromatic N) is 3. The lowest BCUT2D eigenvalue weighted by molar-refractivity contribution is -0.134. The van der Waals surface area contributed by atoms with Crippen LogP contribution in [0.25, 0.3) is 0 Å². The second-order valence-electron chi connectivity index (χ2n) is 6.91. The van der Waals surface area contributed by atoms with Crippen LogP contribution in [0, 0.1) is 0 Å². The maximum Gasteiger partial charge on any atom is 0.239 e. The highest BCUT2D eigenvalue weighted by molar-refractivity contribution is 5.82. The van der Waals surface area contributed by atoms with Gasteiger partial charge in [0.2, 0.25) is 5.91 Å². The fourth-order valence-electron chi connectivity index (χ4n) is 3.94. The van der Waals surface area contributed by atoms with E-state index in [1.165, 1.54) is 32.4 Å². The average molecular weight is 294 g/mol. The molecule has 0 bridgehead atoms. The summed E-state index contributed by atoms with van der Waals surface area (Å²) < 4.78 is 0. The number of hydrogen-bond acceptors (Lipinski definition) is 4. The van der Waals surface area contributed by atoms with E-state index in [1.807, 2.05) is 0 Å². The number of piperidine rings is 1. The van der Waals surface area contributed by atoms with Crippen LogP contribution in [-0.4, -0.2) is 85.6 Å². The van der Waals surface area contributed by atoms with Gasteiger partial charge in [0.25, 0.3) is 0 Å². The molecule has 1 amide bonds. The normalized spacial score (nSPS) is 32.5. The first-order valence-electron chi connectivity index (χ1n) is 8.69. The molecule has 2 unspecified atom stereocenters. The summed E-state index contributed by atoms with van der Waals surface area (Å²) in [5.41, 5.74) is 0. The van der Waals surface area contributed by atoms with Crippen LogP contribution in [0.4, 0.5) is 0 Å². The van der Waals surface area contributed by atoms with E-state index in [0.29, 0.717) is 5.91 Å². The third-order valence-corrected chi connectivity index (χ3v) is 5.43. The predicted octanol–water partition coefficient (Wildman–Crippen LogP) is 0.367. The molecular weight excluding hydrogens is 264 g/mol. The zero-order chi connectivity index (χ0) is 14.7. The molecular formula is C16H30N4O. The van der Waals surface area contributed by atoms with Crippen molar-refractivity contribution >= 4 is 5.91 Å². The number of carbonyl (C=O) groups excluding carboxylic acids is 1. The summed E-state index contributed by atoms with van der Waals surface area (Å²) in [5.74, 6) is 0.335. The number of likely N-dealkylation sites (tertiary alicyclic amines) is 1. The minimum Gasteiger partial charge on any atom is -0.339 e. The molecule has 2 atom stereocenters. The van der Waals surface area contributed by atoms with Crippen molar-refractivity contribution in [2.75, 3.05) is 52.9 Å². The Morgan fingerprint density at radius 1 is 1.05 bits per heavy atom. The third-order valence-electron chi connectivity index (χ3n) is 5.43. The lowest BCUT2D eigenvalue weighted by Gasteiger charge is -2.40. The quantitative estimate of drug-likeness (QED) is 0.816. The molecule has 0 aliphatic carbocycles. The molecule has 0 aromatic rings. The number of hydrogen-bond donors (Lipinski definition) is 1. The maximum atomic E-state index is 12.4. The lowest BCUT2D eigenvalue weighted by Crippen LogP contribution is -2.55. The summed E-state index contributed by atoms with van der Waals surface area (Å²) in [6.07, 6.45) is 6.22. The van der Waals surface area contributed by atoms with Crippen LogP contribution in [0.1, 0.15) is 32.1 Å². The van der Waals surface area contributed by atoms with Gasteiger partial charge in [-0.05, 0) is 45.8 Å². The molecule has 0 spiro atoms. The molecule has 0 saturated carbocycles. The Bertz CT molecular complexity index is 348. The van der Waals surface area contributed by atoms with Gasteiger partial charge in [0.1, 0.15) is 0 Å². The Kier molecular flexibility index (Phi) is 5.14. The minimum atomic E-state index is 0.0982. The van der Waals surface area contributed by atoms with Crippen molar-refractivity contribution in [3.63, 3.8) is 0 Å². The van der Waals surface area contributed by atoms with E-state index in [4.69, 9.17) is 0 Å². The SMILES string of the molecule is CN1CCCCC1CN1CCN(C(=O)C2CCCN2)CC1. The number of carbonyl (C=O) groups is 1. The first-order valence-corrected chi connectivity index (χ1v) is 8.69. The van der Waals surface area contributed by atoms with E-state index in [-0.39, 0.29) is 6.04 Å². The molecule has 1 N–H and O–H groups in total. The van der Waals surface area contributed by atoms with Gasteiger partial charge in [-0.1, -0.05) is 6.42 Å². The van der Waals surface area contributed by atoms with Gasteiger partial charge >= 0.3 is 0 Å². The molecule has 3 aliphatic heterocycles. The second-order valence-corrected chi connectivity index (χ2v) is 6.91. The van der Waals surface area contributed by atoms with Crippen molar-refractivity contribution in [1.29, 1.82) is 0 Å². The largest absolute Gasteiger partial charge is 0.339 e. The van der Waals surface area contributed by atoms with Crippen molar-refractivity contribution < 1.29 is 4.79 Å². The Balaban J connectivity index is 1.43. The number of nitrogens with one attached hydrogen (secondary N) is 1. The molecule has 5 nitrogen and oxygen atoms in total. The molecule has 3 heterocycles. The third kappa shape index (κ3) is 3.76. The number of piperazine rings is 1. The number of likely N-dealkylation sites (N-methyl/N-ethyl adjacent to an activating group) is 1. The van der Waals surface area contributed by atoms with Gasteiger partial charge in [0, 0.05) is 38.8 Å². The number of rotatable bonds is 3. The maximum absolute atomic E-state index is 12.4. The van der Waals surface area contributed by atoms with Crippen molar-refractivity contribution in [2.24, 2.45) is 0 Å². The van der Waals surface area contributed by atoms with Gasteiger partial charge in [0.15, 0.2) is 0 Å². The standard InChI is InChI=1S/C16H30N4O/c1-18-8-3-2-5-14(18)13-19-9-11-20(12-10-19)16(21)15-6-4-7-17-15/h14-15,17H,2-13H2,1H3. The van der Waals surface area contributed by atoms with Crippen molar-refractivity contribution in [3.8, 4) is 0 Å². The monoisotopic (exact) mass is 294 g/mol. The van der Waals surface area contributed by atoms with Gasteiger partial charge in [-0.15, -0.1) is 0 Å². The number of amides is 1. The lowest BCUT2D eigenvalue weighted by atomic mass is 10.0. The molecule has 120 valence electrons. The van der Waals surface area contributed by atoms with Gasteiger partial charge < -0.3 is 15.1 Å². The Morgan fingerprint density at radius 3 is 2.52 bits per heavy atom. The summed E-state index contributed by atoms with van der Waals surface area (Å²) in [6, 6.07) is 0.818. The van der Waals surface area contributed by atoms with Crippen LogP contribution in [0.2, 0.25) is 0 Å². The van der Waals surface area contributed by atoms with Gasteiger partial charge in [0.05, 0.1) is 6.04 Å². The fourth-order valence-corrected chi connectivity index (χ4v) is 3.94. The summed E-state index contributed by atoms with van der Waals surface area (Å²) in [4.78, 5) is 19.5. The topological polar surface area (TPSA) is 38.8 Å². The molecule has 0 aromatic heterocycles. The summed E-state index contributed by atoms with van der Waals surface area (Å²) >= 11 is 0. The van der Waals surface area contributed by atoms with Crippen molar-refractivity contribution in [2.45, 2.75) is 44.2 Å². The Morgan fingerprint density at radius 2 is 1.86 bits per heavy atom. The first-order chi connectivity index (χ1) is 10.2. The molecule has 3 rings (SSSR count). The van der Waals surface area contributed by atoms with Crippen LogP contribution in [0.15, 0.2) is 0 Å². The Hall–Kier alpha value is -0.650. The summed E-state index contributed by atoms with van der Waals surface area (Å²) in [7, 11) is 2.26. The molecule has 3 saturated heterocycles. The highest BCUT2D eigenvalue weighted by Gasteiger charge is 2.30. The molecule has 3 aliphatic rings. The van der Waals surface area contributed by atoms with E-state index >= 15 is 0 Å². The molecule has 5 heteroatoms. The molecule has 21 heavy (non-hydrogen) atoms. The summed E-state index contributed by atoms with van der Waals surface area (Å²) in [5, 5.41) is 3.32. The highest BCUT2D eigenvalue weighted by atomic mass is 16.2. The smallest absolute Gasteiger partial charge is 0.239 e. The van der Waals surface area contributed by atoms with E-state index in [2.05, 4.69) is 27.1 Å². The van der Waals surface area contributed by atoms with Gasteiger partial charge in [-0.25, -0.2) is 0 Å². The highest BCUT2D eigenvalue weighted by Crippen LogP contribution is 2.17. The van der Waals surface area contributed by atoms with E-state index in [0.717, 1.165) is 51.6 Å². The average Bonchev–Trinajstić information content (AvgIpc) is 3.04. The minimum absolute atomic E-state index is 0.0982. The van der Waals surface area contributed by atoms with E-state index in [9.17, 15) is 4.79 Å². The molecule has 0 radical (unpaired) electrons. The zero-order valence-corrected chi connectivity index (χ0v) is 13.4. The van der Waals surface area contributed by atoms with Crippen LogP contribution in [-0.2, 0) is 4.79 Å². The van der Waals surface area contributed by atoms with Crippen LogP contribution in [0.5, 0.6) is 0 Å². The summed E-state index contributed by atoms with van der Waals surface area (Å²) in [6.45, 7) is 7.34. The van der Waals surface area contributed by atoms with E-state index < -0.39 is 0 Å². The van der Waals surface area contributed by atoms with Gasteiger partial charge in [-0.2, -0.15) is 0 Å². The van der Waals surface area contributed by atoms with Gasteiger partial charge in [-0.3, -0.25) is 9.69 Å². The predicted molar refractivity (Wildman–Crippen MR) is 84.3 cm³/mol.